The highest BCUT2D eigenvalue weighted by molar-refractivity contribution is 7.17. The molecule has 0 spiro atoms. The summed E-state index contributed by atoms with van der Waals surface area (Å²) >= 11 is 7.09. The first-order valence-corrected chi connectivity index (χ1v) is 6.69. The minimum absolute atomic E-state index is 0.0912. The highest BCUT2D eigenvalue weighted by atomic mass is 35.5. The number of hydrogen-bond acceptors (Lipinski definition) is 3. The number of carbonyl (C=O) groups is 1. The first kappa shape index (κ1) is 11.9. The Morgan fingerprint density at radius 2 is 2.38 bits per heavy atom. The first-order valence-electron chi connectivity index (χ1n) is 5.50. The molecule has 0 unspecified atom stereocenters. The topological polar surface area (TPSA) is 33.2 Å². The molecule has 2 rings (SSSR count). The van der Waals surface area contributed by atoms with E-state index >= 15 is 0 Å². The summed E-state index contributed by atoms with van der Waals surface area (Å²) in [6.07, 6.45) is 2.31. The van der Waals surface area contributed by atoms with Crippen LogP contribution in [0, 0.1) is 12.8 Å². The molecule has 1 saturated heterocycles. The Balaban J connectivity index is 2.15. The van der Waals surface area contributed by atoms with Gasteiger partial charge in [-0.15, -0.1) is 0 Å². The van der Waals surface area contributed by atoms with Gasteiger partial charge in [0.2, 0.25) is 0 Å². The van der Waals surface area contributed by atoms with Gasteiger partial charge in [0.05, 0.1) is 5.69 Å². The maximum absolute atomic E-state index is 12.2. The molecule has 0 radical (unpaired) electrons. The Morgan fingerprint density at radius 3 is 2.94 bits per heavy atom. The number of thiazole rings is 1. The zero-order valence-corrected chi connectivity index (χ0v) is 11.1. The number of nitrogens with zero attached hydrogens (tertiary/aromatic N) is 2. The molecule has 1 aliphatic rings. The maximum Gasteiger partial charge on any atom is 0.265 e. The summed E-state index contributed by atoms with van der Waals surface area (Å²) in [5.41, 5.74) is 0.748. The van der Waals surface area contributed by atoms with Crippen molar-refractivity contribution in [1.29, 1.82) is 0 Å². The third-order valence-corrected chi connectivity index (χ3v) is 4.16. The number of aryl methyl sites for hydroxylation is 1. The minimum Gasteiger partial charge on any atom is -0.338 e. The summed E-state index contributed by atoms with van der Waals surface area (Å²) in [5.74, 6) is 0.690. The second-order valence-corrected chi connectivity index (χ2v) is 5.96. The van der Waals surface area contributed by atoms with Crippen LogP contribution in [0.3, 0.4) is 0 Å². The number of halogens is 1. The fourth-order valence-corrected chi connectivity index (χ4v) is 3.20. The van der Waals surface area contributed by atoms with E-state index in [1.807, 2.05) is 11.8 Å². The van der Waals surface area contributed by atoms with Crippen molar-refractivity contribution in [2.75, 3.05) is 13.1 Å². The molecular formula is C11H15ClN2OS. The van der Waals surface area contributed by atoms with Gasteiger partial charge >= 0.3 is 0 Å². The lowest BCUT2D eigenvalue weighted by molar-refractivity contribution is 0.0687. The van der Waals surface area contributed by atoms with E-state index in [4.69, 9.17) is 11.6 Å². The highest BCUT2D eigenvalue weighted by Crippen LogP contribution is 2.25. The standard InChI is InChI=1S/C11H15ClN2OS/c1-7-4-3-5-14(6-7)10(15)9-8(2)13-11(12)16-9/h7H,3-6H2,1-2H3/t7-/m1/s1. The molecule has 2 heterocycles. The summed E-state index contributed by atoms with van der Waals surface area (Å²) in [6, 6.07) is 0. The Labute approximate surface area is 104 Å². The number of rotatable bonds is 1. The monoisotopic (exact) mass is 258 g/mol. The minimum atomic E-state index is 0.0912. The Kier molecular flexibility index (Phi) is 3.50. The predicted molar refractivity (Wildman–Crippen MR) is 66.2 cm³/mol. The summed E-state index contributed by atoms with van der Waals surface area (Å²) < 4.78 is 0.450. The van der Waals surface area contributed by atoms with Crippen molar-refractivity contribution in [3.05, 3.63) is 15.0 Å². The quantitative estimate of drug-likeness (QED) is 0.776. The van der Waals surface area contributed by atoms with Crippen LogP contribution in [-0.4, -0.2) is 28.9 Å². The van der Waals surface area contributed by atoms with Gasteiger partial charge in [-0.3, -0.25) is 4.79 Å². The Bertz CT molecular complexity index is 405. The lowest BCUT2D eigenvalue weighted by atomic mass is 10.0. The highest BCUT2D eigenvalue weighted by Gasteiger charge is 2.25. The van der Waals surface area contributed by atoms with Crippen LogP contribution in [0.1, 0.15) is 35.1 Å². The lowest BCUT2D eigenvalue weighted by Crippen LogP contribution is -2.39. The van der Waals surface area contributed by atoms with Crippen LogP contribution in [0.25, 0.3) is 0 Å². The molecule has 0 aliphatic carbocycles. The SMILES string of the molecule is Cc1nc(Cl)sc1C(=O)N1CCC[C@@H](C)C1. The van der Waals surface area contributed by atoms with Crippen molar-refractivity contribution in [3.63, 3.8) is 0 Å². The van der Waals surface area contributed by atoms with Crippen molar-refractivity contribution in [2.24, 2.45) is 5.92 Å². The summed E-state index contributed by atoms with van der Waals surface area (Å²) in [5, 5.41) is 0. The molecule has 1 aromatic rings. The Morgan fingerprint density at radius 1 is 1.62 bits per heavy atom. The molecule has 1 aliphatic heterocycles. The number of likely N-dealkylation sites (tertiary alicyclic amines) is 1. The predicted octanol–water partition coefficient (Wildman–Crippen LogP) is 2.98. The molecule has 5 heteroatoms. The van der Waals surface area contributed by atoms with E-state index < -0.39 is 0 Å². The van der Waals surface area contributed by atoms with Gasteiger partial charge in [-0.2, -0.15) is 0 Å². The normalized spacial score (nSPS) is 21.2. The third-order valence-electron chi connectivity index (χ3n) is 2.91. The van der Waals surface area contributed by atoms with Crippen LogP contribution >= 0.6 is 22.9 Å². The Hall–Kier alpha value is -0.610. The van der Waals surface area contributed by atoms with Crippen molar-refractivity contribution in [3.8, 4) is 0 Å². The van der Waals surface area contributed by atoms with E-state index in [0.717, 1.165) is 25.2 Å². The molecule has 0 aromatic carbocycles. The second kappa shape index (κ2) is 4.72. The molecule has 3 nitrogen and oxygen atoms in total. The van der Waals surface area contributed by atoms with Crippen LogP contribution in [0.2, 0.25) is 4.47 Å². The number of hydrogen-bond donors (Lipinski definition) is 0. The van der Waals surface area contributed by atoms with Gasteiger partial charge < -0.3 is 4.90 Å². The van der Waals surface area contributed by atoms with E-state index in [2.05, 4.69) is 11.9 Å². The van der Waals surface area contributed by atoms with Gasteiger partial charge in [0.15, 0.2) is 4.47 Å². The molecule has 16 heavy (non-hydrogen) atoms. The molecule has 88 valence electrons. The van der Waals surface area contributed by atoms with Crippen LogP contribution in [0.4, 0.5) is 0 Å². The summed E-state index contributed by atoms with van der Waals surface area (Å²) in [6.45, 7) is 5.74. The molecule has 1 amide bonds. The smallest absolute Gasteiger partial charge is 0.265 e. The van der Waals surface area contributed by atoms with E-state index in [1.54, 1.807) is 0 Å². The molecule has 0 saturated carbocycles. The second-order valence-electron chi connectivity index (χ2n) is 4.38. The fraction of sp³-hybridized carbons (Fsp3) is 0.636. The van der Waals surface area contributed by atoms with E-state index in [1.165, 1.54) is 17.8 Å². The van der Waals surface area contributed by atoms with E-state index in [0.29, 0.717) is 15.3 Å². The number of aromatic nitrogens is 1. The van der Waals surface area contributed by atoms with Crippen molar-refractivity contribution in [2.45, 2.75) is 26.7 Å². The molecule has 0 bridgehead atoms. The van der Waals surface area contributed by atoms with Gasteiger partial charge in [-0.25, -0.2) is 4.98 Å². The van der Waals surface area contributed by atoms with E-state index in [-0.39, 0.29) is 5.91 Å². The van der Waals surface area contributed by atoms with Gasteiger partial charge in [0, 0.05) is 13.1 Å². The average Bonchev–Trinajstić information content (AvgIpc) is 2.57. The van der Waals surface area contributed by atoms with Gasteiger partial charge in [0.1, 0.15) is 4.88 Å². The van der Waals surface area contributed by atoms with Crippen LogP contribution in [0.15, 0.2) is 0 Å². The largest absolute Gasteiger partial charge is 0.338 e. The van der Waals surface area contributed by atoms with E-state index in [9.17, 15) is 4.79 Å². The number of carbonyl (C=O) groups excluding carboxylic acids is 1. The lowest BCUT2D eigenvalue weighted by Gasteiger charge is -2.30. The van der Waals surface area contributed by atoms with Crippen LogP contribution < -0.4 is 0 Å². The molecule has 1 atom stereocenters. The van der Waals surface area contributed by atoms with Crippen molar-refractivity contribution >= 4 is 28.8 Å². The zero-order chi connectivity index (χ0) is 11.7. The molecule has 1 fully saturated rings. The summed E-state index contributed by atoms with van der Waals surface area (Å²) in [4.78, 5) is 18.9. The van der Waals surface area contributed by atoms with Gasteiger partial charge in [-0.1, -0.05) is 29.9 Å². The van der Waals surface area contributed by atoms with Crippen molar-refractivity contribution < 1.29 is 4.79 Å². The van der Waals surface area contributed by atoms with Gasteiger partial charge in [-0.05, 0) is 25.7 Å². The van der Waals surface area contributed by atoms with Crippen LogP contribution in [0.5, 0.6) is 0 Å². The molecular weight excluding hydrogens is 244 g/mol. The third kappa shape index (κ3) is 2.38. The molecule has 0 N–H and O–H groups in total. The number of amides is 1. The van der Waals surface area contributed by atoms with Gasteiger partial charge in [0.25, 0.3) is 5.91 Å². The molecule has 1 aromatic heterocycles. The maximum atomic E-state index is 12.2. The average molecular weight is 259 g/mol. The fourth-order valence-electron chi connectivity index (χ4n) is 2.08. The number of piperidine rings is 1. The summed E-state index contributed by atoms with van der Waals surface area (Å²) in [7, 11) is 0. The van der Waals surface area contributed by atoms with Crippen LogP contribution in [-0.2, 0) is 0 Å². The zero-order valence-electron chi connectivity index (χ0n) is 9.49. The van der Waals surface area contributed by atoms with Crippen molar-refractivity contribution in [1.82, 2.24) is 9.88 Å². The first-order chi connectivity index (χ1) is 7.58.